The van der Waals surface area contributed by atoms with Crippen LogP contribution in [0.5, 0.6) is 0 Å². The number of hydrogen-bond donors (Lipinski definition) is 1. The van der Waals surface area contributed by atoms with Crippen LogP contribution >= 0.6 is 0 Å². The number of esters is 1. The predicted octanol–water partition coefficient (Wildman–Crippen LogP) is 3.72. The van der Waals surface area contributed by atoms with E-state index in [0.29, 0.717) is 12.2 Å². The van der Waals surface area contributed by atoms with Gasteiger partial charge in [-0.05, 0) is 51.8 Å². The number of carbonyl (C=O) groups is 3. The van der Waals surface area contributed by atoms with Crippen molar-refractivity contribution in [3.05, 3.63) is 82.2 Å². The van der Waals surface area contributed by atoms with E-state index in [1.54, 1.807) is 13.8 Å². The Morgan fingerprint density at radius 2 is 1.74 bits per heavy atom. The third-order valence-corrected chi connectivity index (χ3v) is 6.29. The van der Waals surface area contributed by atoms with Crippen molar-refractivity contribution in [1.29, 1.82) is 0 Å². The van der Waals surface area contributed by atoms with Crippen LogP contribution in [0.3, 0.4) is 0 Å². The maximum absolute atomic E-state index is 13.8. The first-order chi connectivity index (χ1) is 16.6. The Labute approximate surface area is 204 Å². The number of nitrogens with one attached hydrogen (secondary N) is 1. The van der Waals surface area contributed by atoms with Crippen LogP contribution in [0.25, 0.3) is 0 Å². The van der Waals surface area contributed by atoms with Crippen molar-refractivity contribution >= 4 is 23.5 Å². The molecule has 4 rings (SSSR count). The van der Waals surface area contributed by atoms with Gasteiger partial charge in [0.05, 0.1) is 13.2 Å². The van der Waals surface area contributed by atoms with Crippen LogP contribution in [0, 0.1) is 20.8 Å². The monoisotopic (exact) mass is 474 g/mol. The quantitative estimate of drug-likeness (QED) is 0.550. The van der Waals surface area contributed by atoms with E-state index in [9.17, 15) is 14.4 Å². The zero-order valence-electron chi connectivity index (χ0n) is 20.7. The highest BCUT2D eigenvalue weighted by molar-refractivity contribution is 6.12. The van der Waals surface area contributed by atoms with E-state index < -0.39 is 17.4 Å². The summed E-state index contributed by atoms with van der Waals surface area (Å²) in [5, 5.41) is 7.30. The first-order valence-corrected chi connectivity index (χ1v) is 11.6. The van der Waals surface area contributed by atoms with Crippen LogP contribution < -0.4 is 10.2 Å². The number of carbonyl (C=O) groups excluding carboxylic acids is 3. The average molecular weight is 475 g/mol. The standard InChI is InChI=1S/C27H30N4O4/c1-6-35-25(33)21-14-23-24(32)31(22-12-9-18(3)13-19(22)4)27(5,16-30(23)29-21)26(34)28-15-20-10-7-17(2)8-11-20/h7-14H,6,15-16H2,1-5H3,(H,28,34). The Morgan fingerprint density at radius 1 is 1.06 bits per heavy atom. The van der Waals surface area contributed by atoms with E-state index in [1.807, 2.05) is 63.2 Å². The van der Waals surface area contributed by atoms with Gasteiger partial charge in [0.1, 0.15) is 11.2 Å². The molecule has 0 saturated carbocycles. The number of amides is 2. The highest BCUT2D eigenvalue weighted by Crippen LogP contribution is 2.35. The van der Waals surface area contributed by atoms with Crippen LogP contribution in [-0.4, -0.2) is 39.7 Å². The lowest BCUT2D eigenvalue weighted by Crippen LogP contribution is -2.64. The second-order valence-electron chi connectivity index (χ2n) is 9.17. The molecule has 1 aliphatic heterocycles. The number of aryl methyl sites for hydroxylation is 3. The van der Waals surface area contributed by atoms with E-state index in [0.717, 1.165) is 22.3 Å². The molecule has 1 atom stereocenters. The van der Waals surface area contributed by atoms with Crippen LogP contribution in [0.15, 0.2) is 48.5 Å². The van der Waals surface area contributed by atoms with E-state index in [-0.39, 0.29) is 30.4 Å². The molecule has 2 heterocycles. The molecule has 0 bridgehead atoms. The number of hydrogen-bond acceptors (Lipinski definition) is 5. The second-order valence-corrected chi connectivity index (χ2v) is 9.17. The topological polar surface area (TPSA) is 93.5 Å². The number of nitrogens with zero attached hydrogens (tertiary/aromatic N) is 3. The maximum atomic E-state index is 13.8. The zero-order valence-corrected chi connectivity index (χ0v) is 20.7. The van der Waals surface area contributed by atoms with E-state index in [1.165, 1.54) is 15.6 Å². The highest BCUT2D eigenvalue weighted by Gasteiger charge is 2.49. The lowest BCUT2D eigenvalue weighted by molar-refractivity contribution is -0.126. The molecule has 0 radical (unpaired) electrons. The molecule has 1 unspecified atom stereocenters. The Morgan fingerprint density at radius 3 is 2.40 bits per heavy atom. The Balaban J connectivity index is 1.74. The lowest BCUT2D eigenvalue weighted by Gasteiger charge is -2.43. The van der Waals surface area contributed by atoms with Gasteiger partial charge < -0.3 is 10.1 Å². The van der Waals surface area contributed by atoms with Crippen LogP contribution in [-0.2, 0) is 22.6 Å². The van der Waals surface area contributed by atoms with E-state index in [4.69, 9.17) is 4.74 Å². The number of aromatic nitrogens is 2. The Hall–Kier alpha value is -3.94. The third kappa shape index (κ3) is 4.56. The molecule has 8 heteroatoms. The second kappa shape index (κ2) is 9.37. The van der Waals surface area contributed by atoms with Crippen molar-refractivity contribution < 1.29 is 19.1 Å². The molecule has 8 nitrogen and oxygen atoms in total. The summed E-state index contributed by atoms with van der Waals surface area (Å²) in [5.74, 6) is -1.32. The zero-order chi connectivity index (χ0) is 25.3. The van der Waals surface area contributed by atoms with Crippen molar-refractivity contribution in [2.75, 3.05) is 11.5 Å². The van der Waals surface area contributed by atoms with Gasteiger partial charge >= 0.3 is 5.97 Å². The highest BCUT2D eigenvalue weighted by atomic mass is 16.5. The van der Waals surface area contributed by atoms with Gasteiger partial charge in [0, 0.05) is 18.3 Å². The van der Waals surface area contributed by atoms with Gasteiger partial charge in [-0.15, -0.1) is 0 Å². The molecular weight excluding hydrogens is 444 g/mol. The summed E-state index contributed by atoms with van der Waals surface area (Å²) in [6.45, 7) is 9.93. The minimum absolute atomic E-state index is 0.0418. The molecule has 1 aliphatic rings. The summed E-state index contributed by atoms with van der Waals surface area (Å²) in [6.07, 6.45) is 0. The SMILES string of the molecule is CCOC(=O)c1cc2n(n1)CC(C)(C(=O)NCc1ccc(C)cc1)N(c1ccc(C)cc1C)C2=O. The third-order valence-electron chi connectivity index (χ3n) is 6.29. The average Bonchev–Trinajstić information content (AvgIpc) is 3.24. The normalized spacial score (nSPS) is 17.2. The fourth-order valence-electron chi connectivity index (χ4n) is 4.40. The molecule has 0 saturated heterocycles. The van der Waals surface area contributed by atoms with Gasteiger partial charge in [0.2, 0.25) is 5.91 Å². The molecular formula is C27H30N4O4. The molecule has 3 aromatic rings. The minimum atomic E-state index is -1.28. The van der Waals surface area contributed by atoms with Gasteiger partial charge in [0.15, 0.2) is 5.69 Å². The number of anilines is 1. The van der Waals surface area contributed by atoms with Crippen molar-refractivity contribution in [2.45, 2.75) is 53.2 Å². The fraction of sp³-hybridized carbons (Fsp3) is 0.333. The summed E-state index contributed by atoms with van der Waals surface area (Å²) >= 11 is 0. The van der Waals surface area contributed by atoms with Crippen molar-refractivity contribution in [1.82, 2.24) is 15.1 Å². The smallest absolute Gasteiger partial charge is 0.358 e. The summed E-state index contributed by atoms with van der Waals surface area (Å²) in [7, 11) is 0. The molecule has 0 aliphatic carbocycles. The molecule has 0 spiro atoms. The minimum Gasteiger partial charge on any atom is -0.461 e. The summed E-state index contributed by atoms with van der Waals surface area (Å²) in [5.41, 5.74) is 3.64. The van der Waals surface area contributed by atoms with Gasteiger partial charge in [-0.25, -0.2) is 4.79 Å². The number of fused-ring (bicyclic) bond motifs is 1. The molecule has 0 fully saturated rings. The van der Waals surface area contributed by atoms with E-state index >= 15 is 0 Å². The fourth-order valence-corrected chi connectivity index (χ4v) is 4.40. The lowest BCUT2D eigenvalue weighted by atomic mass is 9.92. The predicted molar refractivity (Wildman–Crippen MR) is 132 cm³/mol. The number of rotatable bonds is 6. The van der Waals surface area contributed by atoms with Gasteiger partial charge in [-0.3, -0.25) is 19.2 Å². The largest absolute Gasteiger partial charge is 0.461 e. The number of benzene rings is 2. The van der Waals surface area contributed by atoms with Gasteiger partial charge in [-0.2, -0.15) is 5.10 Å². The number of ether oxygens (including phenoxy) is 1. The maximum Gasteiger partial charge on any atom is 0.358 e. The first-order valence-electron chi connectivity index (χ1n) is 11.6. The summed E-state index contributed by atoms with van der Waals surface area (Å²) in [4.78, 5) is 41.3. The molecule has 2 aromatic carbocycles. The van der Waals surface area contributed by atoms with Crippen LogP contribution in [0.2, 0.25) is 0 Å². The van der Waals surface area contributed by atoms with Crippen molar-refractivity contribution in [3.8, 4) is 0 Å². The van der Waals surface area contributed by atoms with Crippen molar-refractivity contribution in [3.63, 3.8) is 0 Å². The van der Waals surface area contributed by atoms with Crippen molar-refractivity contribution in [2.24, 2.45) is 0 Å². The Bertz CT molecular complexity index is 1300. The van der Waals surface area contributed by atoms with Gasteiger partial charge in [-0.1, -0.05) is 47.5 Å². The molecule has 1 N–H and O–H groups in total. The summed E-state index contributed by atoms with van der Waals surface area (Å²) in [6, 6.07) is 15.1. The molecule has 1 aromatic heterocycles. The van der Waals surface area contributed by atoms with Gasteiger partial charge in [0.25, 0.3) is 5.91 Å². The Kier molecular flexibility index (Phi) is 6.47. The first kappa shape index (κ1) is 24.2. The molecule has 2 amide bonds. The van der Waals surface area contributed by atoms with Crippen LogP contribution in [0.1, 0.15) is 57.1 Å². The van der Waals surface area contributed by atoms with E-state index in [2.05, 4.69) is 10.4 Å². The van der Waals surface area contributed by atoms with Crippen LogP contribution in [0.4, 0.5) is 5.69 Å². The molecule has 35 heavy (non-hydrogen) atoms. The summed E-state index contributed by atoms with van der Waals surface area (Å²) < 4.78 is 6.49. The molecule has 182 valence electrons.